The molecule has 0 aromatic heterocycles. The van der Waals surface area contributed by atoms with Crippen LogP contribution in [0.1, 0.15) is 19.8 Å². The summed E-state index contributed by atoms with van der Waals surface area (Å²) in [6.45, 7) is 1.52. The van der Waals surface area contributed by atoms with E-state index >= 15 is 0 Å². The first-order chi connectivity index (χ1) is 7.43. The number of carbonyl (C=O) groups is 1. The molecule has 1 aliphatic rings. The number of carbonyl (C=O) groups excluding carboxylic acids is 1. The number of ether oxygens (including phenoxy) is 1. The van der Waals surface area contributed by atoms with Crippen molar-refractivity contribution in [2.45, 2.75) is 32.0 Å². The van der Waals surface area contributed by atoms with Gasteiger partial charge in [0.15, 0.2) is 0 Å². The number of allylic oxidation sites excluding steroid dienone is 2. The minimum Gasteiger partial charge on any atom is -0.444 e. The van der Waals surface area contributed by atoms with Crippen molar-refractivity contribution in [3.8, 4) is 0 Å². The Balaban J connectivity index is 2.83. The number of aliphatic hydroxyl groups is 1. The highest BCUT2D eigenvalue weighted by Gasteiger charge is 2.27. The number of aliphatic hydroxyl groups excluding tert-OH is 1. The molecule has 6 heteroatoms. The van der Waals surface area contributed by atoms with Crippen LogP contribution in [0.5, 0.6) is 0 Å². The smallest absolute Gasteiger partial charge is 0.404 e. The summed E-state index contributed by atoms with van der Waals surface area (Å²) < 4.78 is 4.67. The number of halogens is 2. The lowest BCUT2D eigenvalue weighted by atomic mass is 9.98. The molecule has 90 valence electrons. The molecule has 0 aliphatic heterocycles. The average molecular weight is 266 g/mol. The largest absolute Gasteiger partial charge is 0.444 e. The second-order valence-corrected chi connectivity index (χ2v) is 4.36. The molecule has 0 bridgehead atoms. The molecule has 2 unspecified atom stereocenters. The van der Waals surface area contributed by atoms with Crippen LogP contribution in [0.15, 0.2) is 21.7 Å². The number of hydrogen-bond donors (Lipinski definition) is 2. The van der Waals surface area contributed by atoms with E-state index in [1.807, 2.05) is 0 Å². The molecule has 3 N–H and O–H groups in total. The van der Waals surface area contributed by atoms with Crippen molar-refractivity contribution in [1.82, 2.24) is 0 Å². The quantitative estimate of drug-likeness (QED) is 0.822. The third-order valence-corrected chi connectivity index (χ3v) is 3.03. The van der Waals surface area contributed by atoms with Crippen molar-refractivity contribution in [1.29, 1.82) is 0 Å². The van der Waals surface area contributed by atoms with E-state index in [1.165, 1.54) is 6.92 Å². The maximum Gasteiger partial charge on any atom is 0.404 e. The van der Waals surface area contributed by atoms with Gasteiger partial charge >= 0.3 is 6.09 Å². The second kappa shape index (κ2) is 5.57. The van der Waals surface area contributed by atoms with E-state index < -0.39 is 18.3 Å². The van der Waals surface area contributed by atoms with Gasteiger partial charge in [-0.25, -0.2) is 4.79 Å². The van der Waals surface area contributed by atoms with Crippen LogP contribution in [0.2, 0.25) is 0 Å². The van der Waals surface area contributed by atoms with Crippen LogP contribution in [0, 0.1) is 0 Å². The van der Waals surface area contributed by atoms with Crippen LogP contribution in [-0.2, 0) is 4.74 Å². The minimum absolute atomic E-state index is 0.392. The van der Waals surface area contributed by atoms with E-state index in [0.29, 0.717) is 22.1 Å². The molecular weight excluding hydrogens is 253 g/mol. The van der Waals surface area contributed by atoms with Gasteiger partial charge in [-0.15, -0.1) is 0 Å². The molecule has 0 spiro atoms. The highest BCUT2D eigenvalue weighted by atomic mass is 35.5. The Hall–Kier alpha value is -0.710. The fourth-order valence-corrected chi connectivity index (χ4v) is 2.19. The van der Waals surface area contributed by atoms with Gasteiger partial charge in [0.2, 0.25) is 0 Å². The van der Waals surface area contributed by atoms with E-state index in [1.54, 1.807) is 6.08 Å². The monoisotopic (exact) mass is 265 g/mol. The summed E-state index contributed by atoms with van der Waals surface area (Å²) >= 11 is 11.9. The first-order valence-electron chi connectivity index (χ1n) is 4.82. The van der Waals surface area contributed by atoms with Crippen molar-refractivity contribution in [2.24, 2.45) is 5.73 Å². The lowest BCUT2D eigenvalue weighted by molar-refractivity contribution is 0.0362. The van der Waals surface area contributed by atoms with Gasteiger partial charge in [0, 0.05) is 15.6 Å². The Bertz CT molecular complexity index is 352. The maximum atomic E-state index is 10.6. The lowest BCUT2D eigenvalue weighted by Gasteiger charge is -2.24. The molecule has 1 rings (SSSR count). The number of nitrogens with two attached hydrogens (primary N) is 1. The molecule has 16 heavy (non-hydrogen) atoms. The van der Waals surface area contributed by atoms with Gasteiger partial charge in [0.1, 0.15) is 12.2 Å². The third-order valence-electron chi connectivity index (χ3n) is 2.28. The predicted octanol–water partition coefficient (Wildman–Crippen LogP) is 2.24. The Morgan fingerprint density at radius 3 is 2.75 bits per heavy atom. The van der Waals surface area contributed by atoms with Gasteiger partial charge in [-0.05, 0) is 19.8 Å². The Morgan fingerprint density at radius 2 is 2.25 bits per heavy atom. The van der Waals surface area contributed by atoms with Gasteiger partial charge in [-0.1, -0.05) is 29.3 Å². The molecule has 4 nitrogen and oxygen atoms in total. The van der Waals surface area contributed by atoms with E-state index in [9.17, 15) is 9.90 Å². The number of primary amides is 1. The zero-order valence-corrected chi connectivity index (χ0v) is 10.3. The first kappa shape index (κ1) is 13.4. The highest BCUT2D eigenvalue weighted by Crippen LogP contribution is 2.33. The standard InChI is InChI=1S/C10H13Cl2NO3/c1-5(16-10(13)15)9(14)8-6(11)3-2-4-7(8)12/h3,5,9,14H,2,4H2,1H3,(H2,13,15). The summed E-state index contributed by atoms with van der Waals surface area (Å²) in [5, 5.41) is 10.8. The topological polar surface area (TPSA) is 72.5 Å². The predicted molar refractivity (Wildman–Crippen MR) is 62.2 cm³/mol. The summed E-state index contributed by atoms with van der Waals surface area (Å²) in [5.74, 6) is 0. The summed E-state index contributed by atoms with van der Waals surface area (Å²) in [6, 6.07) is 0. The third kappa shape index (κ3) is 3.14. The lowest BCUT2D eigenvalue weighted by Crippen LogP contribution is -2.33. The summed E-state index contributed by atoms with van der Waals surface area (Å²) in [7, 11) is 0. The highest BCUT2D eigenvalue weighted by molar-refractivity contribution is 6.36. The molecule has 0 saturated carbocycles. The molecule has 0 saturated heterocycles. The van der Waals surface area contributed by atoms with Crippen molar-refractivity contribution < 1.29 is 14.6 Å². The Kier molecular flexibility index (Phi) is 4.65. The van der Waals surface area contributed by atoms with E-state index in [2.05, 4.69) is 4.74 Å². The van der Waals surface area contributed by atoms with Gasteiger partial charge in [-0.3, -0.25) is 0 Å². The maximum absolute atomic E-state index is 10.6. The van der Waals surface area contributed by atoms with Crippen molar-refractivity contribution in [3.05, 3.63) is 21.7 Å². The molecule has 0 radical (unpaired) electrons. The zero-order valence-electron chi connectivity index (χ0n) is 8.74. The number of hydrogen-bond acceptors (Lipinski definition) is 3. The van der Waals surface area contributed by atoms with Gasteiger partial charge < -0.3 is 15.6 Å². The summed E-state index contributed by atoms with van der Waals surface area (Å²) in [6.07, 6.45) is 0.319. The SMILES string of the molecule is CC(OC(N)=O)C(O)C1=C(Cl)CCC=C1Cl. The summed E-state index contributed by atoms with van der Waals surface area (Å²) in [4.78, 5) is 10.6. The van der Waals surface area contributed by atoms with Crippen LogP contribution in [0.3, 0.4) is 0 Å². The Labute approximate surface area is 104 Å². The van der Waals surface area contributed by atoms with E-state index in [0.717, 1.165) is 6.42 Å². The fraction of sp³-hybridized carbons (Fsp3) is 0.500. The van der Waals surface area contributed by atoms with Crippen LogP contribution in [-0.4, -0.2) is 23.4 Å². The van der Waals surface area contributed by atoms with Crippen LogP contribution >= 0.6 is 23.2 Å². The molecule has 1 aliphatic carbocycles. The van der Waals surface area contributed by atoms with Crippen LogP contribution < -0.4 is 5.73 Å². The van der Waals surface area contributed by atoms with Gasteiger partial charge in [0.25, 0.3) is 0 Å². The average Bonchev–Trinajstić information content (AvgIpc) is 2.16. The van der Waals surface area contributed by atoms with Crippen LogP contribution in [0.4, 0.5) is 4.79 Å². The first-order valence-corrected chi connectivity index (χ1v) is 5.57. The van der Waals surface area contributed by atoms with Crippen molar-refractivity contribution in [2.75, 3.05) is 0 Å². The summed E-state index contributed by atoms with van der Waals surface area (Å²) in [5.41, 5.74) is 5.27. The second-order valence-electron chi connectivity index (χ2n) is 3.50. The molecular formula is C10H13Cl2NO3. The number of amides is 1. The fourth-order valence-electron chi connectivity index (χ4n) is 1.48. The number of rotatable bonds is 3. The molecule has 0 aromatic carbocycles. The molecule has 2 atom stereocenters. The van der Waals surface area contributed by atoms with Crippen molar-refractivity contribution in [3.63, 3.8) is 0 Å². The van der Waals surface area contributed by atoms with Crippen LogP contribution in [0.25, 0.3) is 0 Å². The normalized spacial score (nSPS) is 20.1. The zero-order chi connectivity index (χ0) is 12.3. The van der Waals surface area contributed by atoms with Gasteiger partial charge in [-0.2, -0.15) is 0 Å². The molecule has 1 amide bonds. The van der Waals surface area contributed by atoms with E-state index in [4.69, 9.17) is 28.9 Å². The van der Waals surface area contributed by atoms with Gasteiger partial charge in [0.05, 0.1) is 0 Å². The minimum atomic E-state index is -1.07. The van der Waals surface area contributed by atoms with E-state index in [-0.39, 0.29) is 0 Å². The molecule has 0 aromatic rings. The van der Waals surface area contributed by atoms with Crippen molar-refractivity contribution >= 4 is 29.3 Å². The molecule has 0 fully saturated rings. The Morgan fingerprint density at radius 1 is 1.62 bits per heavy atom. The molecule has 0 heterocycles.